The van der Waals surface area contributed by atoms with Crippen molar-refractivity contribution in [3.8, 4) is 0 Å². The second kappa shape index (κ2) is 7.90. The smallest absolute Gasteiger partial charge is 0.478 e. The number of benzene rings is 1. The summed E-state index contributed by atoms with van der Waals surface area (Å²) in [7, 11) is -0.482. The van der Waals surface area contributed by atoms with E-state index in [0.717, 1.165) is 18.3 Å². The van der Waals surface area contributed by atoms with Crippen LogP contribution in [0.5, 0.6) is 0 Å². The molecule has 5 heteroatoms. The molecule has 0 heterocycles. The number of rotatable bonds is 8. The van der Waals surface area contributed by atoms with Gasteiger partial charge in [-0.15, -0.1) is 0 Å². The third kappa shape index (κ3) is 4.51. The first-order chi connectivity index (χ1) is 8.69. The molecule has 1 aromatic carbocycles. The molecule has 0 bridgehead atoms. The Morgan fingerprint density at radius 1 is 1.22 bits per heavy atom. The van der Waals surface area contributed by atoms with Crippen LogP contribution in [0.3, 0.4) is 0 Å². The van der Waals surface area contributed by atoms with Gasteiger partial charge in [-0.25, -0.2) is 4.79 Å². The van der Waals surface area contributed by atoms with E-state index >= 15 is 0 Å². The summed E-state index contributed by atoms with van der Waals surface area (Å²) in [6.45, 7) is 5.21. The molecule has 0 saturated carbocycles. The highest BCUT2D eigenvalue weighted by Gasteiger charge is 2.21. The molecular weight excluding hydrogens is 231 g/mol. The number of carbonyl (C=O) groups is 1. The predicted molar refractivity (Wildman–Crippen MR) is 71.3 cm³/mol. The van der Waals surface area contributed by atoms with Crippen molar-refractivity contribution in [2.75, 3.05) is 13.2 Å². The SMILES string of the molecule is CCCOB(OCCC)c1cccc(C(=O)O)c1. The van der Waals surface area contributed by atoms with Crippen molar-refractivity contribution in [1.29, 1.82) is 0 Å². The Kier molecular flexibility index (Phi) is 6.46. The molecule has 0 fully saturated rings. The molecule has 1 N–H and O–H groups in total. The molecule has 4 nitrogen and oxygen atoms in total. The van der Waals surface area contributed by atoms with Crippen LogP contribution in [0.4, 0.5) is 0 Å². The summed E-state index contributed by atoms with van der Waals surface area (Å²) in [6, 6.07) is 6.68. The van der Waals surface area contributed by atoms with E-state index in [2.05, 4.69) is 0 Å². The minimum absolute atomic E-state index is 0.248. The average molecular weight is 250 g/mol. The molecular formula is C13H19BO4. The fourth-order valence-corrected chi connectivity index (χ4v) is 1.51. The van der Waals surface area contributed by atoms with Crippen LogP contribution in [-0.2, 0) is 9.31 Å². The Bertz CT molecular complexity index is 373. The highest BCUT2D eigenvalue weighted by Crippen LogP contribution is 2.01. The van der Waals surface area contributed by atoms with Crippen LogP contribution < -0.4 is 5.46 Å². The van der Waals surface area contributed by atoms with Gasteiger partial charge in [0.05, 0.1) is 5.56 Å². The van der Waals surface area contributed by atoms with E-state index in [1.807, 2.05) is 19.9 Å². The first kappa shape index (κ1) is 14.7. The molecule has 0 amide bonds. The Hall–Kier alpha value is -1.33. The zero-order valence-electron chi connectivity index (χ0n) is 10.9. The van der Waals surface area contributed by atoms with Gasteiger partial charge < -0.3 is 14.4 Å². The van der Waals surface area contributed by atoms with Crippen LogP contribution in [0.1, 0.15) is 37.0 Å². The molecule has 0 aliphatic heterocycles. The quantitative estimate of drug-likeness (QED) is 0.716. The summed E-state index contributed by atoms with van der Waals surface area (Å²) < 4.78 is 11.2. The summed E-state index contributed by atoms with van der Waals surface area (Å²) >= 11 is 0. The maximum Gasteiger partial charge on any atom is 0.493 e. The van der Waals surface area contributed by atoms with E-state index in [1.165, 1.54) is 0 Å². The van der Waals surface area contributed by atoms with Crippen LogP contribution in [0.25, 0.3) is 0 Å². The molecule has 0 spiro atoms. The van der Waals surface area contributed by atoms with Gasteiger partial charge in [-0.3, -0.25) is 0 Å². The largest absolute Gasteiger partial charge is 0.493 e. The lowest BCUT2D eigenvalue weighted by molar-refractivity contribution is 0.0697. The molecule has 0 radical (unpaired) electrons. The van der Waals surface area contributed by atoms with Crippen molar-refractivity contribution in [2.24, 2.45) is 0 Å². The van der Waals surface area contributed by atoms with Gasteiger partial charge in [0.25, 0.3) is 0 Å². The van der Waals surface area contributed by atoms with Crippen molar-refractivity contribution >= 4 is 18.6 Å². The standard InChI is InChI=1S/C13H19BO4/c1-3-8-17-14(18-9-4-2)12-7-5-6-11(10-12)13(15)16/h5-7,10H,3-4,8-9H2,1-2H3,(H,15,16). The van der Waals surface area contributed by atoms with E-state index in [0.29, 0.717) is 13.2 Å². The van der Waals surface area contributed by atoms with Gasteiger partial charge in [-0.1, -0.05) is 26.0 Å². The lowest BCUT2D eigenvalue weighted by Gasteiger charge is -2.14. The molecule has 98 valence electrons. The minimum Gasteiger partial charge on any atom is -0.478 e. The van der Waals surface area contributed by atoms with E-state index in [9.17, 15) is 4.79 Å². The normalized spacial score (nSPS) is 10.3. The van der Waals surface area contributed by atoms with Crippen LogP contribution in [-0.4, -0.2) is 31.4 Å². The first-order valence-corrected chi connectivity index (χ1v) is 6.25. The monoisotopic (exact) mass is 250 g/mol. The number of carboxylic acid groups (broad SMARTS) is 1. The van der Waals surface area contributed by atoms with Gasteiger partial charge in [0.15, 0.2) is 0 Å². The molecule has 1 rings (SSSR count). The first-order valence-electron chi connectivity index (χ1n) is 6.25. The van der Waals surface area contributed by atoms with Crippen LogP contribution >= 0.6 is 0 Å². The zero-order chi connectivity index (χ0) is 13.4. The van der Waals surface area contributed by atoms with E-state index in [1.54, 1.807) is 18.2 Å². The van der Waals surface area contributed by atoms with Gasteiger partial charge in [0.1, 0.15) is 0 Å². The second-order valence-electron chi connectivity index (χ2n) is 4.00. The maximum atomic E-state index is 10.9. The van der Waals surface area contributed by atoms with Gasteiger partial charge >= 0.3 is 13.1 Å². The topological polar surface area (TPSA) is 55.8 Å². The van der Waals surface area contributed by atoms with E-state index in [-0.39, 0.29) is 5.56 Å². The number of aromatic carboxylic acids is 1. The molecule has 0 aliphatic rings. The summed E-state index contributed by atoms with van der Waals surface area (Å²) in [5.41, 5.74) is 0.995. The fraction of sp³-hybridized carbons (Fsp3) is 0.462. The van der Waals surface area contributed by atoms with Gasteiger partial charge in [-0.05, 0) is 30.4 Å². The number of hydrogen-bond donors (Lipinski definition) is 1. The number of hydrogen-bond acceptors (Lipinski definition) is 3. The Labute approximate surface area is 108 Å². The van der Waals surface area contributed by atoms with Crippen LogP contribution in [0.15, 0.2) is 24.3 Å². The predicted octanol–water partition coefficient (Wildman–Crippen LogP) is 1.93. The minimum atomic E-state index is -0.943. The van der Waals surface area contributed by atoms with Crippen molar-refractivity contribution < 1.29 is 19.2 Å². The van der Waals surface area contributed by atoms with Gasteiger partial charge in [-0.2, -0.15) is 0 Å². The van der Waals surface area contributed by atoms with Crippen molar-refractivity contribution in [3.63, 3.8) is 0 Å². The van der Waals surface area contributed by atoms with Gasteiger partial charge in [0.2, 0.25) is 0 Å². The lowest BCUT2D eigenvalue weighted by Crippen LogP contribution is -2.38. The second-order valence-corrected chi connectivity index (χ2v) is 4.00. The Morgan fingerprint density at radius 2 is 1.83 bits per heavy atom. The molecule has 0 atom stereocenters. The molecule has 0 aromatic heterocycles. The highest BCUT2D eigenvalue weighted by molar-refractivity contribution is 6.61. The Morgan fingerprint density at radius 3 is 2.33 bits per heavy atom. The third-order valence-corrected chi connectivity index (χ3v) is 2.35. The van der Waals surface area contributed by atoms with Crippen molar-refractivity contribution in [3.05, 3.63) is 29.8 Å². The van der Waals surface area contributed by atoms with Gasteiger partial charge in [0, 0.05) is 13.2 Å². The third-order valence-electron chi connectivity index (χ3n) is 2.35. The molecule has 18 heavy (non-hydrogen) atoms. The van der Waals surface area contributed by atoms with Crippen LogP contribution in [0, 0.1) is 0 Å². The molecule has 1 aromatic rings. The zero-order valence-corrected chi connectivity index (χ0v) is 10.9. The average Bonchev–Trinajstić information content (AvgIpc) is 2.39. The summed E-state index contributed by atoms with van der Waals surface area (Å²) in [6.07, 6.45) is 1.79. The summed E-state index contributed by atoms with van der Waals surface area (Å²) in [5, 5.41) is 8.96. The Balaban J connectivity index is 2.82. The number of carboxylic acids is 1. The fourth-order valence-electron chi connectivity index (χ4n) is 1.51. The summed E-state index contributed by atoms with van der Waals surface area (Å²) in [5.74, 6) is -0.943. The highest BCUT2D eigenvalue weighted by atomic mass is 16.6. The van der Waals surface area contributed by atoms with Crippen molar-refractivity contribution in [1.82, 2.24) is 0 Å². The molecule has 0 aliphatic carbocycles. The van der Waals surface area contributed by atoms with Crippen LogP contribution in [0.2, 0.25) is 0 Å². The van der Waals surface area contributed by atoms with Crippen molar-refractivity contribution in [2.45, 2.75) is 26.7 Å². The molecule has 0 saturated heterocycles. The lowest BCUT2D eigenvalue weighted by atomic mass is 9.78. The molecule has 0 unspecified atom stereocenters. The summed E-state index contributed by atoms with van der Waals surface area (Å²) in [4.78, 5) is 10.9. The van der Waals surface area contributed by atoms with E-state index < -0.39 is 13.1 Å². The maximum absolute atomic E-state index is 10.9. The van der Waals surface area contributed by atoms with E-state index in [4.69, 9.17) is 14.4 Å².